The summed E-state index contributed by atoms with van der Waals surface area (Å²) in [6.07, 6.45) is 7.10. The fraction of sp³-hybridized carbons (Fsp3) is 0.476. The number of aromatic nitrogens is 6. The predicted molar refractivity (Wildman–Crippen MR) is 111 cm³/mol. The first-order chi connectivity index (χ1) is 14.7. The minimum atomic E-state index is 0.483. The number of rotatable bonds is 5. The topological polar surface area (TPSA) is 93.9 Å². The summed E-state index contributed by atoms with van der Waals surface area (Å²) in [6, 6.07) is 10.5. The van der Waals surface area contributed by atoms with E-state index in [-0.39, 0.29) is 0 Å². The lowest BCUT2D eigenvalue weighted by molar-refractivity contribution is 0.0593. The predicted octanol–water partition coefficient (Wildman–Crippen LogP) is 2.13. The number of nitrogens with one attached hydrogen (secondary N) is 1. The minimum Gasteiger partial charge on any atom is -0.480 e. The molecule has 0 radical (unpaired) electrons. The molecule has 9 nitrogen and oxygen atoms in total. The standard InChI is InChI=1S/C21H24N8O/c1-28-11-18(25-27-28)14-5-6-15(23-21(14)30-2)16-7-8-20(26-24-16)22-17-9-12-3-4-13-10-19(17)29(12)13/h5-8,11-13,17,19H,3-4,9-10H2,1-2H3,(H,22,26)/t12-,13+,17?,19?/m0/s1. The van der Waals surface area contributed by atoms with Crippen LogP contribution in [0.1, 0.15) is 25.7 Å². The highest BCUT2D eigenvalue weighted by atomic mass is 16.5. The van der Waals surface area contributed by atoms with Crippen LogP contribution >= 0.6 is 0 Å². The summed E-state index contributed by atoms with van der Waals surface area (Å²) in [7, 11) is 3.43. The van der Waals surface area contributed by atoms with Gasteiger partial charge in [0.05, 0.1) is 24.6 Å². The van der Waals surface area contributed by atoms with Crippen LogP contribution in [0.3, 0.4) is 0 Å². The largest absolute Gasteiger partial charge is 0.480 e. The quantitative estimate of drug-likeness (QED) is 0.691. The van der Waals surface area contributed by atoms with Gasteiger partial charge in [0, 0.05) is 31.2 Å². The van der Waals surface area contributed by atoms with E-state index in [1.165, 1.54) is 25.7 Å². The van der Waals surface area contributed by atoms with Crippen LogP contribution in [0.4, 0.5) is 5.82 Å². The number of nitrogens with zero attached hydrogens (tertiary/aromatic N) is 7. The van der Waals surface area contributed by atoms with Crippen LogP contribution in [-0.4, -0.2) is 66.4 Å². The first kappa shape index (κ1) is 17.8. The Labute approximate surface area is 174 Å². The molecule has 0 aromatic carbocycles. The van der Waals surface area contributed by atoms with Crippen molar-refractivity contribution in [3.63, 3.8) is 0 Å². The van der Waals surface area contributed by atoms with Gasteiger partial charge in [-0.05, 0) is 49.9 Å². The Hall–Kier alpha value is -3.07. The lowest BCUT2D eigenvalue weighted by Crippen LogP contribution is -2.55. The molecule has 0 amide bonds. The van der Waals surface area contributed by atoms with Crippen molar-refractivity contribution in [1.82, 2.24) is 35.1 Å². The summed E-state index contributed by atoms with van der Waals surface area (Å²) >= 11 is 0. The number of hydrogen-bond donors (Lipinski definition) is 1. The fourth-order valence-electron chi connectivity index (χ4n) is 5.38. The molecule has 3 fully saturated rings. The van der Waals surface area contributed by atoms with Crippen LogP contribution in [0.15, 0.2) is 30.5 Å². The van der Waals surface area contributed by atoms with Crippen molar-refractivity contribution in [2.24, 2.45) is 7.05 Å². The van der Waals surface area contributed by atoms with Crippen molar-refractivity contribution in [3.05, 3.63) is 30.5 Å². The summed E-state index contributed by atoms with van der Waals surface area (Å²) in [6.45, 7) is 0. The molecule has 30 heavy (non-hydrogen) atoms. The molecule has 154 valence electrons. The van der Waals surface area contributed by atoms with E-state index in [2.05, 4.69) is 35.7 Å². The van der Waals surface area contributed by atoms with E-state index in [1.54, 1.807) is 11.8 Å². The summed E-state index contributed by atoms with van der Waals surface area (Å²) in [5.41, 5.74) is 2.93. The van der Waals surface area contributed by atoms with Gasteiger partial charge in [0.1, 0.15) is 17.2 Å². The molecule has 3 aliphatic rings. The van der Waals surface area contributed by atoms with E-state index in [1.807, 2.05) is 37.5 Å². The highest BCUT2D eigenvalue weighted by Crippen LogP contribution is 2.48. The summed E-state index contributed by atoms with van der Waals surface area (Å²) in [5, 5.41) is 20.6. The zero-order valence-electron chi connectivity index (χ0n) is 17.1. The number of methoxy groups -OCH3 is 1. The lowest BCUT2D eigenvalue weighted by atomic mass is 9.89. The van der Waals surface area contributed by atoms with Gasteiger partial charge in [-0.2, -0.15) is 0 Å². The van der Waals surface area contributed by atoms with Gasteiger partial charge in [0.25, 0.3) is 0 Å². The molecule has 0 saturated carbocycles. The number of aryl methyl sites for hydroxylation is 1. The van der Waals surface area contributed by atoms with Crippen LogP contribution in [-0.2, 0) is 7.05 Å². The van der Waals surface area contributed by atoms with Gasteiger partial charge in [-0.25, -0.2) is 4.98 Å². The van der Waals surface area contributed by atoms with Crippen molar-refractivity contribution >= 4 is 5.82 Å². The number of hydrogen-bond acceptors (Lipinski definition) is 8. The molecule has 0 bridgehead atoms. The van der Waals surface area contributed by atoms with Gasteiger partial charge in [-0.3, -0.25) is 9.58 Å². The number of pyridine rings is 1. The van der Waals surface area contributed by atoms with Gasteiger partial charge in [-0.1, -0.05) is 5.21 Å². The Balaban J connectivity index is 1.20. The third-order valence-corrected chi connectivity index (χ3v) is 6.76. The van der Waals surface area contributed by atoms with E-state index >= 15 is 0 Å². The second-order valence-corrected chi connectivity index (χ2v) is 8.46. The second kappa shape index (κ2) is 6.73. The summed E-state index contributed by atoms with van der Waals surface area (Å²) in [5.74, 6) is 1.32. The Morgan fingerprint density at radius 3 is 2.50 bits per heavy atom. The molecular weight excluding hydrogens is 380 g/mol. The molecule has 6 heterocycles. The van der Waals surface area contributed by atoms with Crippen LogP contribution in [0.2, 0.25) is 0 Å². The molecule has 3 aliphatic heterocycles. The fourth-order valence-corrected chi connectivity index (χ4v) is 5.38. The van der Waals surface area contributed by atoms with E-state index in [0.717, 1.165) is 23.5 Å². The van der Waals surface area contributed by atoms with E-state index in [4.69, 9.17) is 4.74 Å². The van der Waals surface area contributed by atoms with Crippen molar-refractivity contribution in [2.75, 3.05) is 12.4 Å². The second-order valence-electron chi connectivity index (χ2n) is 8.46. The molecule has 9 heteroatoms. The average Bonchev–Trinajstić information content (AvgIpc) is 3.37. The van der Waals surface area contributed by atoms with E-state index in [9.17, 15) is 0 Å². The Bertz CT molecular complexity index is 1080. The minimum absolute atomic E-state index is 0.483. The van der Waals surface area contributed by atoms with Gasteiger partial charge >= 0.3 is 0 Å². The van der Waals surface area contributed by atoms with Crippen molar-refractivity contribution in [3.8, 4) is 28.5 Å². The third kappa shape index (κ3) is 2.76. The lowest BCUT2D eigenvalue weighted by Gasteiger charge is -2.44. The zero-order valence-corrected chi connectivity index (χ0v) is 17.1. The molecule has 0 spiro atoms. The Morgan fingerprint density at radius 2 is 1.80 bits per heavy atom. The van der Waals surface area contributed by atoms with Gasteiger partial charge in [0.15, 0.2) is 0 Å². The zero-order chi connectivity index (χ0) is 20.2. The maximum Gasteiger partial charge on any atom is 0.223 e. The van der Waals surface area contributed by atoms with Crippen LogP contribution < -0.4 is 10.1 Å². The first-order valence-electron chi connectivity index (χ1n) is 10.5. The summed E-state index contributed by atoms with van der Waals surface area (Å²) in [4.78, 5) is 7.32. The summed E-state index contributed by atoms with van der Waals surface area (Å²) < 4.78 is 7.13. The first-order valence-corrected chi connectivity index (χ1v) is 10.5. The molecule has 2 unspecified atom stereocenters. The van der Waals surface area contributed by atoms with Gasteiger partial charge < -0.3 is 10.1 Å². The normalized spacial score (nSPS) is 27.0. The van der Waals surface area contributed by atoms with Crippen LogP contribution in [0.25, 0.3) is 22.6 Å². The maximum absolute atomic E-state index is 5.48. The molecular formula is C21H24N8O. The maximum atomic E-state index is 5.48. The highest BCUT2D eigenvalue weighted by molar-refractivity contribution is 5.68. The van der Waals surface area contributed by atoms with E-state index in [0.29, 0.717) is 35.0 Å². The third-order valence-electron chi connectivity index (χ3n) is 6.76. The Kier molecular flexibility index (Phi) is 3.98. The van der Waals surface area contributed by atoms with Crippen molar-refractivity contribution in [1.29, 1.82) is 0 Å². The van der Waals surface area contributed by atoms with Crippen LogP contribution in [0, 0.1) is 0 Å². The monoisotopic (exact) mass is 404 g/mol. The molecule has 3 aromatic rings. The molecule has 1 N–H and O–H groups in total. The van der Waals surface area contributed by atoms with Gasteiger partial charge in [0.2, 0.25) is 5.88 Å². The molecule has 4 atom stereocenters. The molecule has 3 saturated heterocycles. The SMILES string of the molecule is COc1nc(-c2ccc(NC3C[C@@H]4CC[C@@H]5CC3N54)nn2)ccc1-c1cn(C)nn1. The van der Waals surface area contributed by atoms with Gasteiger partial charge in [-0.15, -0.1) is 15.3 Å². The Morgan fingerprint density at radius 1 is 0.967 bits per heavy atom. The van der Waals surface area contributed by atoms with Crippen LogP contribution in [0.5, 0.6) is 5.88 Å². The smallest absolute Gasteiger partial charge is 0.223 e. The van der Waals surface area contributed by atoms with Crippen molar-refractivity contribution in [2.45, 2.75) is 49.9 Å². The van der Waals surface area contributed by atoms with E-state index < -0.39 is 0 Å². The molecule has 0 aliphatic carbocycles. The number of ether oxygens (including phenoxy) is 1. The molecule has 6 rings (SSSR count). The van der Waals surface area contributed by atoms with Crippen molar-refractivity contribution < 1.29 is 4.74 Å². The molecule has 3 aromatic heterocycles. The highest BCUT2D eigenvalue weighted by Gasteiger charge is 2.55. The number of anilines is 1. The average molecular weight is 404 g/mol.